The van der Waals surface area contributed by atoms with Gasteiger partial charge in [-0.25, -0.2) is 4.98 Å². The van der Waals surface area contributed by atoms with Crippen LogP contribution in [0.3, 0.4) is 0 Å². The van der Waals surface area contributed by atoms with E-state index in [1.165, 1.54) is 10.3 Å². The quantitative estimate of drug-likeness (QED) is 0.259. The van der Waals surface area contributed by atoms with E-state index in [1.807, 2.05) is 43.3 Å². The number of thiocarbonyl (C=S) groups is 1. The van der Waals surface area contributed by atoms with Crippen molar-refractivity contribution in [1.82, 2.24) is 10.3 Å². The van der Waals surface area contributed by atoms with Gasteiger partial charge in [0.15, 0.2) is 5.11 Å². The first-order valence-electron chi connectivity index (χ1n) is 10.5. The van der Waals surface area contributed by atoms with Crippen molar-refractivity contribution >= 4 is 66.4 Å². The molecule has 4 aromatic rings. The van der Waals surface area contributed by atoms with Crippen LogP contribution in [0.5, 0.6) is 5.75 Å². The fourth-order valence-corrected chi connectivity index (χ4v) is 4.84. The van der Waals surface area contributed by atoms with E-state index < -0.39 is 0 Å². The molecular weight excluding hydrogens is 518 g/mol. The summed E-state index contributed by atoms with van der Waals surface area (Å²) in [6, 6.07) is 19.4. The normalized spacial score (nSPS) is 10.8. The predicted octanol–water partition coefficient (Wildman–Crippen LogP) is 6.95. The van der Waals surface area contributed by atoms with E-state index in [1.54, 1.807) is 23.5 Å². The fourth-order valence-electron chi connectivity index (χ4n) is 3.20. The molecule has 4 rings (SSSR count). The topological polar surface area (TPSA) is 63.2 Å². The van der Waals surface area contributed by atoms with E-state index in [2.05, 4.69) is 45.6 Å². The molecule has 0 bridgehead atoms. The largest absolute Gasteiger partial charge is 0.493 e. The van der Waals surface area contributed by atoms with Crippen molar-refractivity contribution in [3.05, 3.63) is 76.3 Å². The van der Waals surface area contributed by atoms with Gasteiger partial charge in [-0.05, 0) is 85.7 Å². The van der Waals surface area contributed by atoms with Crippen LogP contribution in [-0.2, 0) is 0 Å². The molecule has 0 aliphatic carbocycles. The Kier molecular flexibility index (Phi) is 7.37. The first kappa shape index (κ1) is 23.4. The van der Waals surface area contributed by atoms with Crippen molar-refractivity contribution in [1.29, 1.82) is 0 Å². The second-order valence-corrected chi connectivity index (χ2v) is 9.82. The van der Waals surface area contributed by atoms with Gasteiger partial charge in [-0.15, -0.1) is 11.3 Å². The van der Waals surface area contributed by atoms with E-state index in [-0.39, 0.29) is 11.0 Å². The van der Waals surface area contributed by atoms with Gasteiger partial charge in [-0.3, -0.25) is 10.1 Å². The molecule has 1 heterocycles. The van der Waals surface area contributed by atoms with Crippen molar-refractivity contribution < 1.29 is 9.53 Å². The maximum Gasteiger partial charge on any atom is 0.261 e. The van der Waals surface area contributed by atoms with Crippen LogP contribution < -0.4 is 15.4 Å². The van der Waals surface area contributed by atoms with Gasteiger partial charge in [0.1, 0.15) is 10.8 Å². The molecule has 33 heavy (non-hydrogen) atoms. The number of hydrogen-bond acceptors (Lipinski definition) is 5. The van der Waals surface area contributed by atoms with Gasteiger partial charge in [0.2, 0.25) is 0 Å². The molecule has 0 spiro atoms. The van der Waals surface area contributed by atoms with E-state index in [9.17, 15) is 4.79 Å². The molecule has 0 aliphatic heterocycles. The maximum atomic E-state index is 12.8. The summed E-state index contributed by atoms with van der Waals surface area (Å²) in [7, 11) is 0. The lowest BCUT2D eigenvalue weighted by atomic mass is 10.2. The number of thiazole rings is 1. The minimum atomic E-state index is -0.332. The van der Waals surface area contributed by atoms with Gasteiger partial charge < -0.3 is 10.1 Å². The lowest BCUT2D eigenvalue weighted by Crippen LogP contribution is -2.34. The van der Waals surface area contributed by atoms with Crippen molar-refractivity contribution in [3.8, 4) is 16.3 Å². The number of aryl methyl sites for hydroxylation is 1. The molecule has 0 unspecified atom stereocenters. The first-order valence-corrected chi connectivity index (χ1v) is 12.5. The molecule has 2 N–H and O–H groups in total. The van der Waals surface area contributed by atoms with E-state index in [0.717, 1.165) is 32.7 Å². The Morgan fingerprint density at radius 1 is 1.12 bits per heavy atom. The predicted molar refractivity (Wildman–Crippen MR) is 143 cm³/mol. The van der Waals surface area contributed by atoms with Gasteiger partial charge in [0, 0.05) is 15.7 Å². The Morgan fingerprint density at radius 2 is 1.91 bits per heavy atom. The zero-order valence-corrected chi connectivity index (χ0v) is 21.4. The molecular formula is C25H22BrN3O2S2. The van der Waals surface area contributed by atoms with Crippen LogP contribution in [0.1, 0.15) is 29.3 Å². The Bertz CT molecular complexity index is 1320. The third-order valence-corrected chi connectivity index (χ3v) is 6.57. The highest BCUT2D eigenvalue weighted by Crippen LogP contribution is 2.31. The molecule has 0 atom stereocenters. The molecule has 1 aromatic heterocycles. The Labute approximate surface area is 210 Å². The van der Waals surface area contributed by atoms with Crippen LogP contribution in [0.2, 0.25) is 0 Å². The van der Waals surface area contributed by atoms with Gasteiger partial charge in [-0.1, -0.05) is 28.9 Å². The molecule has 0 saturated carbocycles. The Hall–Kier alpha value is -2.81. The highest BCUT2D eigenvalue weighted by atomic mass is 79.9. The summed E-state index contributed by atoms with van der Waals surface area (Å²) < 4.78 is 7.66. The number of fused-ring (bicyclic) bond motifs is 1. The van der Waals surface area contributed by atoms with Crippen LogP contribution in [0, 0.1) is 6.92 Å². The minimum absolute atomic E-state index is 0.213. The molecule has 0 saturated heterocycles. The third kappa shape index (κ3) is 5.76. The standard InChI is InChI=1S/C25H22BrN3O2S2/c1-3-12-31-21-11-7-17(26)14-19(21)23(30)29-25(32)27-18-8-5-16(6-9-18)24-28-20-10-4-15(2)13-22(20)33-24/h4-11,13-14H,3,12H2,1-2H3,(H2,27,29,30,32). The summed E-state index contributed by atoms with van der Waals surface area (Å²) in [4.78, 5) is 17.5. The number of carbonyl (C=O) groups is 1. The number of amides is 1. The van der Waals surface area contributed by atoms with Crippen LogP contribution in [0.15, 0.2) is 65.1 Å². The van der Waals surface area contributed by atoms with E-state index in [0.29, 0.717) is 17.9 Å². The molecule has 3 aromatic carbocycles. The summed E-state index contributed by atoms with van der Waals surface area (Å²) >= 11 is 10.4. The summed E-state index contributed by atoms with van der Waals surface area (Å²) in [6.07, 6.45) is 0.851. The number of benzene rings is 3. The molecule has 168 valence electrons. The fraction of sp³-hybridized carbons (Fsp3) is 0.160. The minimum Gasteiger partial charge on any atom is -0.493 e. The van der Waals surface area contributed by atoms with Crippen LogP contribution in [0.4, 0.5) is 5.69 Å². The number of ether oxygens (including phenoxy) is 1. The summed E-state index contributed by atoms with van der Waals surface area (Å²) in [5, 5.41) is 6.97. The molecule has 0 radical (unpaired) electrons. The molecule has 8 heteroatoms. The molecule has 5 nitrogen and oxygen atoms in total. The SMILES string of the molecule is CCCOc1ccc(Br)cc1C(=O)NC(=S)Nc1ccc(-c2nc3ccc(C)cc3s2)cc1. The average Bonchev–Trinajstić information content (AvgIpc) is 3.21. The number of halogens is 1. The van der Waals surface area contributed by atoms with Crippen LogP contribution >= 0.6 is 39.5 Å². The van der Waals surface area contributed by atoms with Crippen molar-refractivity contribution in [2.75, 3.05) is 11.9 Å². The first-order chi connectivity index (χ1) is 15.9. The number of nitrogens with one attached hydrogen (secondary N) is 2. The third-order valence-electron chi connectivity index (χ3n) is 4.81. The van der Waals surface area contributed by atoms with E-state index in [4.69, 9.17) is 21.9 Å². The Morgan fingerprint density at radius 3 is 2.67 bits per heavy atom. The zero-order chi connectivity index (χ0) is 23.4. The molecule has 0 fully saturated rings. The number of carbonyl (C=O) groups excluding carboxylic acids is 1. The van der Waals surface area contributed by atoms with Gasteiger partial charge in [0.25, 0.3) is 5.91 Å². The zero-order valence-electron chi connectivity index (χ0n) is 18.1. The second-order valence-electron chi connectivity index (χ2n) is 7.46. The van der Waals surface area contributed by atoms with E-state index >= 15 is 0 Å². The number of hydrogen-bond donors (Lipinski definition) is 2. The second kappa shape index (κ2) is 10.4. The molecule has 0 aliphatic rings. The number of anilines is 1. The van der Waals surface area contributed by atoms with Gasteiger partial charge >= 0.3 is 0 Å². The van der Waals surface area contributed by atoms with Crippen LogP contribution in [0.25, 0.3) is 20.8 Å². The number of nitrogens with zero attached hydrogens (tertiary/aromatic N) is 1. The smallest absolute Gasteiger partial charge is 0.261 e. The average molecular weight is 541 g/mol. The van der Waals surface area contributed by atoms with Crippen molar-refractivity contribution in [2.45, 2.75) is 20.3 Å². The van der Waals surface area contributed by atoms with Crippen molar-refractivity contribution in [3.63, 3.8) is 0 Å². The summed E-state index contributed by atoms with van der Waals surface area (Å²) in [6.45, 7) is 4.63. The summed E-state index contributed by atoms with van der Waals surface area (Å²) in [5.41, 5.74) is 4.45. The highest BCUT2D eigenvalue weighted by molar-refractivity contribution is 9.10. The lowest BCUT2D eigenvalue weighted by Gasteiger charge is -2.13. The van der Waals surface area contributed by atoms with Gasteiger partial charge in [0.05, 0.1) is 22.4 Å². The lowest BCUT2D eigenvalue weighted by molar-refractivity contribution is 0.0973. The van der Waals surface area contributed by atoms with Gasteiger partial charge in [-0.2, -0.15) is 0 Å². The molecule has 1 amide bonds. The van der Waals surface area contributed by atoms with Crippen LogP contribution in [-0.4, -0.2) is 22.6 Å². The Balaban J connectivity index is 1.42. The highest BCUT2D eigenvalue weighted by Gasteiger charge is 2.15. The van der Waals surface area contributed by atoms with Crippen molar-refractivity contribution in [2.24, 2.45) is 0 Å². The monoisotopic (exact) mass is 539 g/mol. The summed E-state index contributed by atoms with van der Waals surface area (Å²) in [5.74, 6) is 0.192. The number of aromatic nitrogens is 1. The number of rotatable bonds is 6. The maximum absolute atomic E-state index is 12.8.